The molecule has 0 aromatic heterocycles. The standard InChI is InChI=1S/C21H23FN2O5/c1-24(2)20(26)15-11-13(7-9-17(15)23)5-4-6-19(25)29-18-10-8-14(12-16(18)22)21(27)28-3/h7-12H,4-6,23H2,1-3H3. The van der Waals surface area contributed by atoms with Crippen molar-refractivity contribution in [1.29, 1.82) is 0 Å². The van der Waals surface area contributed by atoms with Gasteiger partial charge in [0.25, 0.3) is 5.91 Å². The Hall–Kier alpha value is -3.42. The van der Waals surface area contributed by atoms with Crippen LogP contribution in [-0.4, -0.2) is 44.0 Å². The monoisotopic (exact) mass is 402 g/mol. The SMILES string of the molecule is COC(=O)c1ccc(OC(=O)CCCc2ccc(N)c(C(=O)N(C)C)c2)c(F)c1. The molecule has 0 saturated carbocycles. The average Bonchev–Trinajstić information content (AvgIpc) is 2.69. The van der Waals surface area contributed by atoms with E-state index in [0.29, 0.717) is 24.1 Å². The maximum Gasteiger partial charge on any atom is 0.337 e. The van der Waals surface area contributed by atoms with Gasteiger partial charge in [-0.1, -0.05) is 6.07 Å². The number of carbonyl (C=O) groups is 3. The first kappa shape index (κ1) is 21.9. The molecule has 0 fully saturated rings. The topological polar surface area (TPSA) is 98.9 Å². The minimum Gasteiger partial charge on any atom is -0.465 e. The fraction of sp³-hybridized carbons (Fsp3) is 0.286. The molecule has 2 aromatic carbocycles. The van der Waals surface area contributed by atoms with E-state index in [1.165, 1.54) is 24.1 Å². The van der Waals surface area contributed by atoms with Crippen molar-refractivity contribution >= 4 is 23.5 Å². The summed E-state index contributed by atoms with van der Waals surface area (Å²) in [5.41, 5.74) is 7.53. The van der Waals surface area contributed by atoms with E-state index in [-0.39, 0.29) is 23.6 Å². The number of anilines is 1. The average molecular weight is 402 g/mol. The molecule has 8 heteroatoms. The Morgan fingerprint density at radius 3 is 2.45 bits per heavy atom. The minimum absolute atomic E-state index is 0.0243. The van der Waals surface area contributed by atoms with Crippen molar-refractivity contribution in [1.82, 2.24) is 4.90 Å². The van der Waals surface area contributed by atoms with Crippen molar-refractivity contribution in [2.24, 2.45) is 0 Å². The van der Waals surface area contributed by atoms with E-state index in [9.17, 15) is 18.8 Å². The van der Waals surface area contributed by atoms with E-state index in [0.717, 1.165) is 11.6 Å². The zero-order valence-corrected chi connectivity index (χ0v) is 16.5. The quantitative estimate of drug-likeness (QED) is 0.434. The molecule has 29 heavy (non-hydrogen) atoms. The second-order valence-corrected chi connectivity index (χ2v) is 6.59. The van der Waals surface area contributed by atoms with Gasteiger partial charge in [-0.25, -0.2) is 9.18 Å². The van der Waals surface area contributed by atoms with Crippen LogP contribution in [0.4, 0.5) is 10.1 Å². The molecule has 0 spiro atoms. The first-order valence-electron chi connectivity index (χ1n) is 8.91. The number of hydrogen-bond donors (Lipinski definition) is 1. The van der Waals surface area contributed by atoms with Gasteiger partial charge in [-0.3, -0.25) is 9.59 Å². The van der Waals surface area contributed by atoms with E-state index in [1.54, 1.807) is 32.3 Å². The van der Waals surface area contributed by atoms with Gasteiger partial charge in [0, 0.05) is 26.2 Å². The molecule has 2 N–H and O–H groups in total. The Morgan fingerprint density at radius 2 is 1.83 bits per heavy atom. The number of benzene rings is 2. The van der Waals surface area contributed by atoms with Gasteiger partial charge >= 0.3 is 11.9 Å². The minimum atomic E-state index is -0.827. The molecule has 0 aliphatic rings. The van der Waals surface area contributed by atoms with Crippen molar-refractivity contribution in [3.63, 3.8) is 0 Å². The van der Waals surface area contributed by atoms with Gasteiger partial charge in [-0.05, 0) is 48.7 Å². The van der Waals surface area contributed by atoms with E-state index < -0.39 is 17.8 Å². The van der Waals surface area contributed by atoms with Crippen LogP contribution in [0, 0.1) is 5.82 Å². The van der Waals surface area contributed by atoms with E-state index in [4.69, 9.17) is 10.5 Å². The smallest absolute Gasteiger partial charge is 0.337 e. The number of aryl methyl sites for hydroxylation is 1. The summed E-state index contributed by atoms with van der Waals surface area (Å²) in [7, 11) is 4.47. The lowest BCUT2D eigenvalue weighted by molar-refractivity contribution is -0.134. The number of nitrogens with zero attached hydrogens (tertiary/aromatic N) is 1. The maximum absolute atomic E-state index is 14.0. The first-order valence-corrected chi connectivity index (χ1v) is 8.91. The van der Waals surface area contributed by atoms with Crippen LogP contribution in [0.5, 0.6) is 5.75 Å². The molecule has 0 unspecified atom stereocenters. The normalized spacial score (nSPS) is 10.3. The predicted octanol–water partition coefficient (Wildman–Crippen LogP) is 2.82. The Morgan fingerprint density at radius 1 is 1.10 bits per heavy atom. The molecule has 154 valence electrons. The number of rotatable bonds is 7. The van der Waals surface area contributed by atoms with Crippen LogP contribution in [0.1, 0.15) is 39.1 Å². The van der Waals surface area contributed by atoms with Crippen LogP contribution in [0.25, 0.3) is 0 Å². The van der Waals surface area contributed by atoms with Gasteiger partial charge in [0.2, 0.25) is 0 Å². The van der Waals surface area contributed by atoms with Crippen LogP contribution in [-0.2, 0) is 16.0 Å². The Bertz CT molecular complexity index is 927. The first-order chi connectivity index (χ1) is 13.7. The van der Waals surface area contributed by atoms with Crippen molar-refractivity contribution in [2.75, 3.05) is 26.9 Å². The van der Waals surface area contributed by atoms with Crippen LogP contribution >= 0.6 is 0 Å². The number of ether oxygens (including phenoxy) is 2. The third-order valence-electron chi connectivity index (χ3n) is 4.18. The zero-order valence-electron chi connectivity index (χ0n) is 16.5. The lowest BCUT2D eigenvalue weighted by Gasteiger charge is -2.13. The van der Waals surface area contributed by atoms with Crippen molar-refractivity contribution in [2.45, 2.75) is 19.3 Å². The van der Waals surface area contributed by atoms with E-state index in [2.05, 4.69) is 4.74 Å². The van der Waals surface area contributed by atoms with Crippen LogP contribution < -0.4 is 10.5 Å². The van der Waals surface area contributed by atoms with Crippen LogP contribution in [0.2, 0.25) is 0 Å². The molecule has 0 radical (unpaired) electrons. The molecule has 0 atom stereocenters. The fourth-order valence-corrected chi connectivity index (χ4v) is 2.62. The summed E-state index contributed by atoms with van der Waals surface area (Å²) in [6.45, 7) is 0. The van der Waals surface area contributed by atoms with Gasteiger partial charge < -0.3 is 20.1 Å². The molecule has 0 bridgehead atoms. The van der Waals surface area contributed by atoms with E-state index in [1.807, 2.05) is 0 Å². The summed E-state index contributed by atoms with van der Waals surface area (Å²) < 4.78 is 23.5. The Balaban J connectivity index is 1.93. The van der Waals surface area contributed by atoms with Crippen molar-refractivity contribution in [3.8, 4) is 5.75 Å². The van der Waals surface area contributed by atoms with Crippen molar-refractivity contribution in [3.05, 3.63) is 58.9 Å². The molecule has 0 aliphatic heterocycles. The lowest BCUT2D eigenvalue weighted by Crippen LogP contribution is -2.23. The zero-order chi connectivity index (χ0) is 21.6. The highest BCUT2D eigenvalue weighted by molar-refractivity contribution is 5.99. The number of hydrogen-bond acceptors (Lipinski definition) is 6. The number of nitrogens with two attached hydrogens (primary N) is 1. The summed E-state index contributed by atoms with van der Waals surface area (Å²) in [5, 5.41) is 0. The Kier molecular flexibility index (Phi) is 7.30. The van der Waals surface area contributed by atoms with Gasteiger partial charge in [-0.15, -0.1) is 0 Å². The van der Waals surface area contributed by atoms with Crippen LogP contribution in [0.15, 0.2) is 36.4 Å². The third-order valence-corrected chi connectivity index (χ3v) is 4.18. The highest BCUT2D eigenvalue weighted by atomic mass is 19.1. The highest BCUT2D eigenvalue weighted by Crippen LogP contribution is 2.21. The predicted molar refractivity (Wildman–Crippen MR) is 105 cm³/mol. The second kappa shape index (κ2) is 9.68. The number of amides is 1. The van der Waals surface area contributed by atoms with Crippen molar-refractivity contribution < 1.29 is 28.2 Å². The molecule has 2 rings (SSSR count). The lowest BCUT2D eigenvalue weighted by atomic mass is 10.0. The number of carbonyl (C=O) groups excluding carboxylic acids is 3. The second-order valence-electron chi connectivity index (χ2n) is 6.59. The number of esters is 2. The summed E-state index contributed by atoms with van der Waals surface area (Å²) in [5.74, 6) is -2.57. The van der Waals surface area contributed by atoms with Gasteiger partial charge in [-0.2, -0.15) is 0 Å². The maximum atomic E-state index is 14.0. The molecular weight excluding hydrogens is 379 g/mol. The molecule has 0 aliphatic carbocycles. The van der Waals surface area contributed by atoms with Gasteiger partial charge in [0.05, 0.1) is 18.2 Å². The third kappa shape index (κ3) is 5.78. The summed E-state index contributed by atoms with van der Waals surface area (Å²) in [6, 6.07) is 8.62. The number of methoxy groups -OCH3 is 1. The molecular formula is C21H23FN2O5. The number of nitrogen functional groups attached to an aromatic ring is 1. The fourth-order valence-electron chi connectivity index (χ4n) is 2.62. The van der Waals surface area contributed by atoms with E-state index >= 15 is 0 Å². The number of halogens is 1. The largest absolute Gasteiger partial charge is 0.465 e. The summed E-state index contributed by atoms with van der Waals surface area (Å²) in [6.07, 6.45) is 1.02. The molecule has 2 aromatic rings. The summed E-state index contributed by atoms with van der Waals surface area (Å²) in [4.78, 5) is 36.9. The highest BCUT2D eigenvalue weighted by Gasteiger charge is 2.15. The summed E-state index contributed by atoms with van der Waals surface area (Å²) >= 11 is 0. The van der Waals surface area contributed by atoms with Gasteiger partial charge in [0.15, 0.2) is 11.6 Å². The van der Waals surface area contributed by atoms with Crippen LogP contribution in [0.3, 0.4) is 0 Å². The Labute approximate surface area is 168 Å². The molecule has 1 amide bonds. The molecule has 7 nitrogen and oxygen atoms in total. The molecule has 0 heterocycles. The van der Waals surface area contributed by atoms with Gasteiger partial charge in [0.1, 0.15) is 0 Å². The molecule has 0 saturated heterocycles.